The van der Waals surface area contributed by atoms with E-state index in [2.05, 4.69) is 63.7 Å². The van der Waals surface area contributed by atoms with Gasteiger partial charge in [0.1, 0.15) is 24.5 Å². The lowest BCUT2D eigenvalue weighted by molar-refractivity contribution is -0.136. The minimum absolute atomic E-state index is 0.0122. The topological polar surface area (TPSA) is 160 Å². The third kappa shape index (κ3) is 6.91. The molecule has 7 atom stereocenters. The maximum atomic E-state index is 12.5. The second-order valence-corrected chi connectivity index (χ2v) is 12.9. The number of nitrogens with zero attached hydrogens (tertiary/aromatic N) is 3. The molecule has 4 aliphatic heterocycles. The second kappa shape index (κ2) is 13.4. The van der Waals surface area contributed by atoms with Crippen molar-refractivity contribution in [3.63, 3.8) is 0 Å². The summed E-state index contributed by atoms with van der Waals surface area (Å²) >= 11 is 0. The molecule has 0 aromatic heterocycles. The Morgan fingerprint density at radius 2 is 1.88 bits per heavy atom. The number of likely N-dealkylation sites (N-methyl/N-ethyl adjacent to an activating group) is 1. The van der Waals surface area contributed by atoms with Crippen LogP contribution in [0.5, 0.6) is 0 Å². The van der Waals surface area contributed by atoms with Crippen LogP contribution in [-0.2, 0) is 14.9 Å². The number of carbonyl (C=O) groups is 1. The highest BCUT2D eigenvalue weighted by Crippen LogP contribution is 2.31. The van der Waals surface area contributed by atoms with E-state index in [0.29, 0.717) is 46.2 Å². The number of aliphatic hydroxyl groups excluding tert-OH is 2. The van der Waals surface area contributed by atoms with E-state index in [1.54, 1.807) is 0 Å². The van der Waals surface area contributed by atoms with E-state index in [1.807, 2.05) is 24.3 Å². The molecular formula is C29H50N8O5. The highest BCUT2D eigenvalue weighted by Gasteiger charge is 2.53. The number of benzene rings is 1. The monoisotopic (exact) mass is 590 g/mol. The summed E-state index contributed by atoms with van der Waals surface area (Å²) in [5.41, 5.74) is 8.34. The van der Waals surface area contributed by atoms with E-state index >= 15 is 0 Å². The molecule has 1 aromatic carbocycles. The Hall–Kier alpha value is -1.91. The van der Waals surface area contributed by atoms with Gasteiger partial charge in [-0.2, -0.15) is 0 Å². The van der Waals surface area contributed by atoms with E-state index in [9.17, 15) is 15.0 Å². The summed E-state index contributed by atoms with van der Waals surface area (Å²) < 4.78 is 11.8. The van der Waals surface area contributed by atoms with Crippen molar-refractivity contribution in [3.8, 4) is 0 Å². The Labute approximate surface area is 249 Å². The lowest BCUT2D eigenvalue weighted by Crippen LogP contribution is -2.69. The number of rotatable bonds is 10. The van der Waals surface area contributed by atoms with Crippen LogP contribution in [0.25, 0.3) is 0 Å². The third-order valence-corrected chi connectivity index (χ3v) is 9.00. The number of anilines is 1. The fourth-order valence-corrected chi connectivity index (χ4v) is 6.30. The SMILES string of the molecule is CCN1CNC(N)C2NCN([C@@H]3O[C@H](CN(CCCNC(=O)Nc4ccc(C(C)(C)C)cc4)C4COC4)[C@@H](O)[C@H]3O)C21. The van der Waals surface area contributed by atoms with Crippen LogP contribution >= 0.6 is 0 Å². The summed E-state index contributed by atoms with van der Waals surface area (Å²) in [5.74, 6) is 0. The van der Waals surface area contributed by atoms with Crippen LogP contribution in [0.3, 0.4) is 0 Å². The van der Waals surface area contributed by atoms with Crippen molar-refractivity contribution in [3.05, 3.63) is 29.8 Å². The number of urea groups is 1. The molecular weight excluding hydrogens is 540 g/mol. The van der Waals surface area contributed by atoms with Gasteiger partial charge in [-0.1, -0.05) is 39.8 Å². The third-order valence-electron chi connectivity index (χ3n) is 9.00. The predicted octanol–water partition coefficient (Wildman–Crippen LogP) is -0.632. The number of nitrogens with one attached hydrogen (secondary N) is 4. The molecule has 236 valence electrons. The number of carbonyl (C=O) groups excluding carboxylic acids is 1. The molecule has 13 nitrogen and oxygen atoms in total. The van der Waals surface area contributed by atoms with Gasteiger partial charge < -0.3 is 36.1 Å². The fourth-order valence-electron chi connectivity index (χ4n) is 6.30. The number of fused-ring (bicyclic) bond motifs is 1. The summed E-state index contributed by atoms with van der Waals surface area (Å²) in [6.07, 6.45) is -2.78. The lowest BCUT2D eigenvalue weighted by Gasteiger charge is -2.45. The minimum atomic E-state index is -1.04. The van der Waals surface area contributed by atoms with Crippen molar-refractivity contribution < 1.29 is 24.5 Å². The first-order valence-electron chi connectivity index (χ1n) is 15.3. The molecule has 4 heterocycles. The molecule has 2 amide bonds. The molecule has 4 saturated heterocycles. The first-order chi connectivity index (χ1) is 20.1. The van der Waals surface area contributed by atoms with Gasteiger partial charge in [-0.25, -0.2) is 9.69 Å². The Balaban J connectivity index is 1.11. The molecule has 0 bridgehead atoms. The van der Waals surface area contributed by atoms with Gasteiger partial charge in [-0.3, -0.25) is 20.4 Å². The quantitative estimate of drug-likeness (QED) is 0.174. The van der Waals surface area contributed by atoms with Crippen LogP contribution in [0, 0.1) is 0 Å². The minimum Gasteiger partial charge on any atom is -0.387 e. The number of nitrogens with two attached hydrogens (primary N) is 1. The highest BCUT2D eigenvalue weighted by atomic mass is 16.6. The van der Waals surface area contributed by atoms with Crippen LogP contribution in [0.15, 0.2) is 24.3 Å². The fraction of sp³-hybridized carbons (Fsp3) is 0.759. The maximum Gasteiger partial charge on any atom is 0.319 e. The van der Waals surface area contributed by atoms with Gasteiger partial charge in [0.15, 0.2) is 0 Å². The van der Waals surface area contributed by atoms with Crippen LogP contribution in [0.4, 0.5) is 10.5 Å². The van der Waals surface area contributed by atoms with Gasteiger partial charge in [-0.05, 0) is 36.1 Å². The van der Waals surface area contributed by atoms with Crippen LogP contribution in [0.2, 0.25) is 0 Å². The summed E-state index contributed by atoms with van der Waals surface area (Å²) in [6, 6.07) is 7.87. The van der Waals surface area contributed by atoms with E-state index in [0.717, 1.165) is 18.7 Å². The van der Waals surface area contributed by atoms with Gasteiger partial charge in [-0.15, -0.1) is 0 Å². The van der Waals surface area contributed by atoms with Crippen LogP contribution in [-0.4, -0.2) is 133 Å². The highest BCUT2D eigenvalue weighted by molar-refractivity contribution is 5.89. The van der Waals surface area contributed by atoms with Crippen molar-refractivity contribution in [2.45, 2.75) is 88.5 Å². The molecule has 3 unspecified atom stereocenters. The van der Waals surface area contributed by atoms with Gasteiger partial charge in [0.05, 0.1) is 51.0 Å². The molecule has 4 fully saturated rings. The number of aliphatic hydroxyl groups is 2. The summed E-state index contributed by atoms with van der Waals surface area (Å²) in [6.45, 7) is 13.4. The van der Waals surface area contributed by atoms with Gasteiger partial charge in [0, 0.05) is 25.3 Å². The zero-order chi connectivity index (χ0) is 30.0. The number of hydrogen-bond donors (Lipinski definition) is 7. The lowest BCUT2D eigenvalue weighted by atomic mass is 9.87. The molecule has 42 heavy (non-hydrogen) atoms. The molecule has 0 saturated carbocycles. The summed E-state index contributed by atoms with van der Waals surface area (Å²) in [4.78, 5) is 19.0. The molecule has 1 aromatic rings. The Morgan fingerprint density at radius 3 is 2.52 bits per heavy atom. The zero-order valence-corrected chi connectivity index (χ0v) is 25.3. The maximum absolute atomic E-state index is 12.5. The van der Waals surface area contributed by atoms with Gasteiger partial charge in [0.25, 0.3) is 0 Å². The summed E-state index contributed by atoms with van der Waals surface area (Å²) in [7, 11) is 0. The van der Waals surface area contributed by atoms with E-state index < -0.39 is 24.5 Å². The molecule has 8 N–H and O–H groups in total. The second-order valence-electron chi connectivity index (χ2n) is 12.9. The Kier molecular flexibility index (Phi) is 10.0. The van der Waals surface area contributed by atoms with Gasteiger partial charge >= 0.3 is 6.03 Å². The average Bonchev–Trinajstić information content (AvgIpc) is 3.48. The molecule has 4 aliphatic rings. The zero-order valence-electron chi connectivity index (χ0n) is 25.3. The molecule has 0 aliphatic carbocycles. The first-order valence-corrected chi connectivity index (χ1v) is 15.3. The van der Waals surface area contributed by atoms with Crippen molar-refractivity contribution in [2.24, 2.45) is 5.73 Å². The van der Waals surface area contributed by atoms with Crippen molar-refractivity contribution in [2.75, 3.05) is 58.0 Å². The van der Waals surface area contributed by atoms with Gasteiger partial charge in [0.2, 0.25) is 0 Å². The predicted molar refractivity (Wildman–Crippen MR) is 159 cm³/mol. The summed E-state index contributed by atoms with van der Waals surface area (Å²) in [5, 5.41) is 34.7. The normalized spacial score (nSPS) is 32.6. The standard InChI is InChI=1S/C29H50N8O5/c1-5-35-16-33-25(30)22-26(35)37(17-32-22)27-24(39)23(38)21(42-27)13-36(20-14-41-15-20)12-6-11-31-28(40)34-19-9-7-18(8-10-19)29(2,3)4/h7-10,20-27,32-33,38-39H,5-6,11-17,30H2,1-4H3,(H2,31,34,40)/t21-,22?,23-,24-,25?,26?,27-/m1/s1. The molecule has 5 rings (SSSR count). The van der Waals surface area contributed by atoms with Crippen LogP contribution < -0.4 is 27.0 Å². The average molecular weight is 591 g/mol. The molecule has 0 spiro atoms. The smallest absolute Gasteiger partial charge is 0.319 e. The van der Waals surface area contributed by atoms with Crippen molar-refractivity contribution >= 4 is 11.7 Å². The molecule has 0 radical (unpaired) electrons. The number of hydrogen-bond acceptors (Lipinski definition) is 11. The van der Waals surface area contributed by atoms with E-state index in [-0.39, 0.29) is 35.9 Å². The van der Waals surface area contributed by atoms with Crippen molar-refractivity contribution in [1.29, 1.82) is 0 Å². The largest absolute Gasteiger partial charge is 0.387 e. The van der Waals surface area contributed by atoms with E-state index in [4.69, 9.17) is 15.2 Å². The van der Waals surface area contributed by atoms with Crippen molar-refractivity contribution in [1.82, 2.24) is 30.7 Å². The number of amides is 2. The Bertz CT molecular complexity index is 1040. The molecule has 13 heteroatoms. The van der Waals surface area contributed by atoms with E-state index in [1.165, 1.54) is 5.56 Å². The van der Waals surface area contributed by atoms with Crippen LogP contribution in [0.1, 0.15) is 39.7 Å². The Morgan fingerprint density at radius 1 is 1.14 bits per heavy atom. The first kappa shape index (κ1) is 31.5. The number of ether oxygens (including phenoxy) is 2.